The van der Waals surface area contributed by atoms with Crippen molar-refractivity contribution in [3.8, 4) is 17.0 Å². The highest BCUT2D eigenvalue weighted by molar-refractivity contribution is 7.16. The second kappa shape index (κ2) is 8.64. The van der Waals surface area contributed by atoms with Crippen molar-refractivity contribution in [1.29, 1.82) is 0 Å². The highest BCUT2D eigenvalue weighted by Crippen LogP contribution is 2.33. The van der Waals surface area contributed by atoms with E-state index in [9.17, 15) is 4.79 Å². The maximum Gasteiger partial charge on any atom is 0.228 e. The van der Waals surface area contributed by atoms with E-state index in [-0.39, 0.29) is 5.91 Å². The zero-order valence-electron chi connectivity index (χ0n) is 13.7. The highest BCUT2D eigenvalue weighted by atomic mass is 32.1. The van der Waals surface area contributed by atoms with Gasteiger partial charge >= 0.3 is 0 Å². The molecule has 0 atom stereocenters. The van der Waals surface area contributed by atoms with Crippen molar-refractivity contribution in [2.24, 2.45) is 0 Å². The number of ether oxygens (including phenoxy) is 2. The van der Waals surface area contributed by atoms with Crippen molar-refractivity contribution < 1.29 is 14.3 Å². The summed E-state index contributed by atoms with van der Waals surface area (Å²) in [4.78, 5) is 17.6. The Morgan fingerprint density at radius 1 is 1.26 bits per heavy atom. The maximum absolute atomic E-state index is 11.8. The molecule has 0 fully saturated rings. The van der Waals surface area contributed by atoms with Gasteiger partial charge in [0.05, 0.1) is 25.8 Å². The SMILES string of the molecule is CCCc1sc(NC(=O)CCOC)nc1-c1ccc(OC)cc1. The molecule has 0 saturated heterocycles. The molecule has 2 rings (SSSR count). The van der Waals surface area contributed by atoms with Crippen LogP contribution in [0.4, 0.5) is 5.13 Å². The number of benzene rings is 1. The highest BCUT2D eigenvalue weighted by Gasteiger charge is 2.14. The molecule has 124 valence electrons. The first-order valence-electron chi connectivity index (χ1n) is 7.60. The van der Waals surface area contributed by atoms with Gasteiger partial charge in [-0.25, -0.2) is 4.98 Å². The Morgan fingerprint density at radius 3 is 2.61 bits per heavy atom. The van der Waals surface area contributed by atoms with Crippen LogP contribution in [0.25, 0.3) is 11.3 Å². The summed E-state index contributed by atoms with van der Waals surface area (Å²) in [5.74, 6) is 0.735. The fourth-order valence-electron chi connectivity index (χ4n) is 2.15. The van der Waals surface area contributed by atoms with E-state index in [2.05, 4.69) is 17.2 Å². The first-order chi connectivity index (χ1) is 11.2. The Balaban J connectivity index is 2.21. The van der Waals surface area contributed by atoms with Gasteiger partial charge in [-0.1, -0.05) is 13.3 Å². The smallest absolute Gasteiger partial charge is 0.228 e. The largest absolute Gasteiger partial charge is 0.497 e. The molecule has 23 heavy (non-hydrogen) atoms. The molecule has 0 aliphatic carbocycles. The molecule has 1 heterocycles. The molecule has 1 aromatic heterocycles. The van der Waals surface area contributed by atoms with Crippen LogP contribution in [-0.2, 0) is 16.0 Å². The molecule has 1 amide bonds. The van der Waals surface area contributed by atoms with Gasteiger partial charge in [-0.2, -0.15) is 0 Å². The summed E-state index contributed by atoms with van der Waals surface area (Å²) >= 11 is 1.54. The topological polar surface area (TPSA) is 60.5 Å². The summed E-state index contributed by atoms with van der Waals surface area (Å²) in [6.07, 6.45) is 2.30. The lowest BCUT2D eigenvalue weighted by atomic mass is 10.1. The molecule has 5 nitrogen and oxygen atoms in total. The normalized spacial score (nSPS) is 10.6. The van der Waals surface area contributed by atoms with Crippen LogP contribution >= 0.6 is 11.3 Å². The van der Waals surface area contributed by atoms with E-state index < -0.39 is 0 Å². The molecule has 0 bridgehead atoms. The van der Waals surface area contributed by atoms with Crippen molar-refractivity contribution in [3.05, 3.63) is 29.1 Å². The van der Waals surface area contributed by atoms with Crippen molar-refractivity contribution in [1.82, 2.24) is 4.98 Å². The number of nitrogens with one attached hydrogen (secondary N) is 1. The Morgan fingerprint density at radius 2 is 2.00 bits per heavy atom. The molecule has 0 spiro atoms. The molecular formula is C17H22N2O3S. The Hall–Kier alpha value is -1.92. The number of aromatic nitrogens is 1. The molecule has 0 aliphatic heterocycles. The van der Waals surface area contributed by atoms with Crippen LogP contribution in [0.15, 0.2) is 24.3 Å². The van der Waals surface area contributed by atoms with Crippen molar-refractivity contribution in [2.75, 3.05) is 26.1 Å². The summed E-state index contributed by atoms with van der Waals surface area (Å²) in [5, 5.41) is 3.49. The van der Waals surface area contributed by atoms with Crippen LogP contribution < -0.4 is 10.1 Å². The van der Waals surface area contributed by atoms with E-state index in [1.807, 2.05) is 24.3 Å². The monoisotopic (exact) mass is 334 g/mol. The lowest BCUT2D eigenvalue weighted by molar-refractivity contribution is -0.117. The lowest BCUT2D eigenvalue weighted by Crippen LogP contribution is -2.13. The minimum Gasteiger partial charge on any atom is -0.497 e. The molecule has 1 N–H and O–H groups in total. The van der Waals surface area contributed by atoms with Crippen LogP contribution in [-0.4, -0.2) is 31.7 Å². The number of rotatable bonds is 8. The molecule has 2 aromatic rings. The Kier molecular flexibility index (Phi) is 6.55. The average Bonchev–Trinajstić information content (AvgIpc) is 2.95. The minimum atomic E-state index is -0.0788. The quantitative estimate of drug-likeness (QED) is 0.799. The number of aryl methyl sites for hydroxylation is 1. The predicted molar refractivity (Wildman–Crippen MR) is 93.2 cm³/mol. The van der Waals surface area contributed by atoms with E-state index in [1.165, 1.54) is 16.2 Å². The van der Waals surface area contributed by atoms with Gasteiger partial charge in [-0.3, -0.25) is 4.79 Å². The van der Waals surface area contributed by atoms with E-state index in [4.69, 9.17) is 9.47 Å². The molecule has 0 aliphatic rings. The summed E-state index contributed by atoms with van der Waals surface area (Å²) in [6.45, 7) is 2.54. The van der Waals surface area contributed by atoms with E-state index >= 15 is 0 Å². The zero-order chi connectivity index (χ0) is 16.7. The summed E-state index contributed by atoms with van der Waals surface area (Å²) in [7, 11) is 3.23. The van der Waals surface area contributed by atoms with Gasteiger partial charge in [0.2, 0.25) is 5.91 Å². The fraction of sp³-hybridized carbons (Fsp3) is 0.412. The number of hydrogen-bond acceptors (Lipinski definition) is 5. The molecule has 6 heteroatoms. The van der Waals surface area contributed by atoms with Gasteiger partial charge in [0.1, 0.15) is 5.75 Å². The lowest BCUT2D eigenvalue weighted by Gasteiger charge is -2.03. The van der Waals surface area contributed by atoms with Gasteiger partial charge in [0.25, 0.3) is 0 Å². The van der Waals surface area contributed by atoms with Crippen molar-refractivity contribution in [2.45, 2.75) is 26.2 Å². The number of methoxy groups -OCH3 is 2. The van der Waals surface area contributed by atoms with Gasteiger partial charge in [-0.05, 0) is 30.7 Å². The number of carbonyl (C=O) groups is 1. The number of carbonyl (C=O) groups excluding carboxylic acids is 1. The standard InChI is InChI=1S/C17H22N2O3S/c1-4-5-14-16(12-6-8-13(22-3)9-7-12)19-17(23-14)18-15(20)10-11-21-2/h6-9H,4-5,10-11H2,1-3H3,(H,18,19,20). The molecule has 1 aromatic carbocycles. The van der Waals surface area contributed by atoms with E-state index in [0.717, 1.165) is 29.8 Å². The fourth-order valence-corrected chi connectivity index (χ4v) is 3.25. The minimum absolute atomic E-state index is 0.0788. The van der Waals surface area contributed by atoms with Crippen LogP contribution in [0.2, 0.25) is 0 Å². The third kappa shape index (κ3) is 4.77. The van der Waals surface area contributed by atoms with Crippen LogP contribution in [0, 0.1) is 0 Å². The van der Waals surface area contributed by atoms with Crippen LogP contribution in [0.3, 0.4) is 0 Å². The Labute approximate surface area is 140 Å². The van der Waals surface area contributed by atoms with E-state index in [0.29, 0.717) is 18.2 Å². The van der Waals surface area contributed by atoms with Gasteiger partial charge in [-0.15, -0.1) is 11.3 Å². The first-order valence-corrected chi connectivity index (χ1v) is 8.42. The second-order valence-electron chi connectivity index (χ2n) is 5.06. The van der Waals surface area contributed by atoms with Crippen molar-refractivity contribution in [3.63, 3.8) is 0 Å². The van der Waals surface area contributed by atoms with Gasteiger partial charge in [0, 0.05) is 17.6 Å². The number of thiazole rings is 1. The molecule has 0 unspecified atom stereocenters. The number of hydrogen-bond donors (Lipinski definition) is 1. The molecular weight excluding hydrogens is 312 g/mol. The molecule has 0 saturated carbocycles. The summed E-state index contributed by atoms with van der Waals surface area (Å²) < 4.78 is 10.1. The molecule has 0 radical (unpaired) electrons. The zero-order valence-corrected chi connectivity index (χ0v) is 14.5. The third-order valence-electron chi connectivity index (χ3n) is 3.32. The summed E-state index contributed by atoms with van der Waals surface area (Å²) in [5.41, 5.74) is 1.96. The average molecular weight is 334 g/mol. The number of anilines is 1. The Bertz CT molecular complexity index is 638. The maximum atomic E-state index is 11.8. The first kappa shape index (κ1) is 17.4. The predicted octanol–water partition coefficient (Wildman–Crippen LogP) is 3.75. The van der Waals surface area contributed by atoms with Crippen LogP contribution in [0.1, 0.15) is 24.6 Å². The number of amides is 1. The van der Waals surface area contributed by atoms with Gasteiger partial charge < -0.3 is 14.8 Å². The van der Waals surface area contributed by atoms with Crippen LogP contribution in [0.5, 0.6) is 5.75 Å². The number of nitrogens with zero attached hydrogens (tertiary/aromatic N) is 1. The van der Waals surface area contributed by atoms with Gasteiger partial charge in [0.15, 0.2) is 5.13 Å². The van der Waals surface area contributed by atoms with E-state index in [1.54, 1.807) is 14.2 Å². The summed E-state index contributed by atoms with van der Waals surface area (Å²) in [6, 6.07) is 7.82. The van der Waals surface area contributed by atoms with Crippen molar-refractivity contribution >= 4 is 22.4 Å². The third-order valence-corrected chi connectivity index (χ3v) is 4.35. The second-order valence-corrected chi connectivity index (χ2v) is 6.14.